The number of imidazole rings is 1. The van der Waals surface area contributed by atoms with Gasteiger partial charge in [-0.1, -0.05) is 19.8 Å². The molecule has 1 saturated heterocycles. The molecule has 0 radical (unpaired) electrons. The lowest BCUT2D eigenvalue weighted by Gasteiger charge is -2.47. The highest BCUT2D eigenvalue weighted by molar-refractivity contribution is 7.67. The van der Waals surface area contributed by atoms with Gasteiger partial charge in [0, 0.05) is 48.7 Å². The smallest absolute Gasteiger partial charge is 0.462 e. The summed E-state index contributed by atoms with van der Waals surface area (Å²) in [5.74, 6) is -0.666. The molecule has 1 amide bonds. The Labute approximate surface area is 377 Å². The number of esters is 1. The minimum Gasteiger partial charge on any atom is -0.462 e. The van der Waals surface area contributed by atoms with Crippen molar-refractivity contribution in [3.63, 3.8) is 0 Å². The largest absolute Gasteiger partial charge is 0.489 e. The van der Waals surface area contributed by atoms with Crippen LogP contribution in [0.1, 0.15) is 101 Å². The van der Waals surface area contributed by atoms with Gasteiger partial charge in [-0.05, 0) is 70.1 Å². The summed E-state index contributed by atoms with van der Waals surface area (Å²) in [6, 6.07) is 5.26. The van der Waals surface area contributed by atoms with Crippen molar-refractivity contribution in [3.05, 3.63) is 52.4 Å². The fraction of sp³-hybridized carbons (Fsp3) is 0.579. The van der Waals surface area contributed by atoms with Crippen LogP contribution >= 0.6 is 23.4 Å². The molecule has 2 aliphatic heterocycles. The number of phosphoric acid groups is 2. The van der Waals surface area contributed by atoms with Gasteiger partial charge >= 0.3 is 35.0 Å². The maximum absolute atomic E-state index is 12.7. The zero-order valence-electron chi connectivity index (χ0n) is 36.5. The average Bonchev–Trinajstić information content (AvgIpc) is 3.77. The number of nitrogen functional groups attached to an aromatic ring is 1. The third-order valence-corrected chi connectivity index (χ3v) is 15.5. The number of nitrogens with one attached hydrogen (secondary N) is 2. The van der Waals surface area contributed by atoms with Gasteiger partial charge in [-0.15, -0.1) is 0 Å². The molecule has 6 rings (SSSR count). The first kappa shape index (κ1) is 51.2. The molecule has 0 bridgehead atoms. The Balaban J connectivity index is 0.870. The molecular formula is C38H55N8O17P3. The first-order valence-electron chi connectivity index (χ1n) is 21.1. The van der Waals surface area contributed by atoms with E-state index in [0.717, 1.165) is 24.0 Å². The predicted octanol–water partition coefficient (Wildman–Crippen LogP) is 3.50. The predicted molar refractivity (Wildman–Crippen MR) is 235 cm³/mol. The summed E-state index contributed by atoms with van der Waals surface area (Å²) in [7, 11) is -16.3. The van der Waals surface area contributed by atoms with E-state index in [1.807, 2.05) is 12.1 Å². The van der Waals surface area contributed by atoms with Gasteiger partial charge in [0.25, 0.3) is 0 Å². The molecule has 9 N–H and O–H groups in total. The fourth-order valence-corrected chi connectivity index (χ4v) is 11.8. The second-order valence-electron chi connectivity index (χ2n) is 16.5. The highest BCUT2D eigenvalue weighted by Crippen LogP contribution is 2.66. The number of ether oxygens (including phenoxy) is 2. The number of aliphatic hydroxyl groups excluding tert-OH is 2. The molecule has 25 nitrogen and oxygen atoms in total. The first-order chi connectivity index (χ1) is 31.0. The van der Waals surface area contributed by atoms with Crippen molar-refractivity contribution in [1.29, 1.82) is 0 Å². The third-order valence-electron chi connectivity index (χ3n) is 11.1. The van der Waals surface area contributed by atoms with Gasteiger partial charge in [0.05, 0.1) is 19.5 Å². The normalized spacial score (nSPS) is 23.2. The summed E-state index contributed by atoms with van der Waals surface area (Å²) in [5.41, 5.74) is 7.17. The summed E-state index contributed by atoms with van der Waals surface area (Å²) in [6.07, 6.45) is -0.0772. The second-order valence-corrected chi connectivity index (χ2v) is 21.3. The molecule has 0 saturated carbocycles. The molecule has 2 aliphatic rings. The highest BCUT2D eigenvalue weighted by Gasteiger charge is 2.47. The van der Waals surface area contributed by atoms with E-state index in [0.29, 0.717) is 56.2 Å². The van der Waals surface area contributed by atoms with Crippen LogP contribution < -0.4 is 26.7 Å². The van der Waals surface area contributed by atoms with Crippen LogP contribution in [0.4, 0.5) is 11.5 Å². The summed E-state index contributed by atoms with van der Waals surface area (Å²) >= 11 is 0. The number of anilines is 2. The number of nitrogens with two attached hydrogens (primary N) is 1. The Bertz CT molecular complexity index is 2610. The van der Waals surface area contributed by atoms with Gasteiger partial charge in [-0.2, -0.15) is 8.62 Å². The molecule has 66 heavy (non-hydrogen) atoms. The zero-order valence-corrected chi connectivity index (χ0v) is 39.2. The van der Waals surface area contributed by atoms with Crippen LogP contribution in [-0.2, 0) is 41.1 Å². The van der Waals surface area contributed by atoms with Gasteiger partial charge in [0.1, 0.15) is 41.3 Å². The number of phosphoric ester groups is 1. The standard InChI is InChI=1S/C38H55N8O17P3/c1-5-58-36(50)25-16-23-15-24-22(2)18-38(3,4)46(26(24)17-27(23)61-37(25)51)14-10-11-29(47)40-12-8-6-7-9-13-44-64(52,53)62-66(56,57)63-65(54,55)59-19-28-31(48)32(49)35(60-28)45-21-43-30-33(39)41-20-42-34(30)45/h15-17,20-22,28,31-32,35,48-49H,5-14,18-19H2,1-4H3,(H,40,47)(H,54,55)(H,56,57)(H2,39,41,42)(H2,44,52,53)/t22?,28-,31-,32-,35-/m1/s1. The number of hydrogen-bond donors (Lipinski definition) is 8. The lowest BCUT2D eigenvalue weighted by molar-refractivity contribution is -0.121. The van der Waals surface area contributed by atoms with Gasteiger partial charge in [0.15, 0.2) is 17.7 Å². The molecule has 8 atom stereocenters. The van der Waals surface area contributed by atoms with Crippen molar-refractivity contribution < 1.29 is 75.2 Å². The van der Waals surface area contributed by atoms with Gasteiger partial charge in [0.2, 0.25) is 5.91 Å². The van der Waals surface area contributed by atoms with E-state index in [2.05, 4.69) is 64.2 Å². The number of aromatic nitrogens is 4. The SMILES string of the molecule is CCOC(=O)c1cc2cc3c(cc2oc1=O)N(CCCC(=O)NCCCCCCNP(=O)(O)OP(=O)(O)OP(=O)(O)OC[C@H]1O[C@@H](n2cnc4c(N)ncnc42)[C@H](O)[C@@H]1O)C(C)(C)CC3C. The molecular weight excluding hydrogens is 933 g/mol. The Morgan fingerprint density at radius 2 is 1.70 bits per heavy atom. The number of fused-ring (bicyclic) bond motifs is 3. The number of amides is 1. The van der Waals surface area contributed by atoms with Crippen LogP contribution in [-0.4, -0.2) is 113 Å². The van der Waals surface area contributed by atoms with Gasteiger partial charge in [-0.25, -0.2) is 43.3 Å². The maximum Gasteiger partial charge on any atom is 0.489 e. The van der Waals surface area contributed by atoms with Crippen LogP contribution in [0.3, 0.4) is 0 Å². The second kappa shape index (κ2) is 21.0. The maximum atomic E-state index is 12.7. The van der Waals surface area contributed by atoms with Crippen LogP contribution in [0.15, 0.2) is 40.1 Å². The molecule has 1 aromatic carbocycles. The molecule has 1 fully saturated rings. The number of rotatable bonds is 22. The third kappa shape index (κ3) is 12.5. The Morgan fingerprint density at radius 3 is 2.42 bits per heavy atom. The van der Waals surface area contributed by atoms with Gasteiger partial charge in [-0.3, -0.25) is 13.9 Å². The minimum absolute atomic E-state index is 0.0366. The van der Waals surface area contributed by atoms with Crippen molar-refractivity contribution in [2.45, 2.75) is 109 Å². The van der Waals surface area contributed by atoms with E-state index in [-0.39, 0.29) is 59.5 Å². The number of carbonyl (C=O) groups is 2. The Morgan fingerprint density at radius 1 is 0.970 bits per heavy atom. The van der Waals surface area contributed by atoms with Crippen LogP contribution in [0.5, 0.6) is 0 Å². The molecule has 5 heterocycles. The van der Waals surface area contributed by atoms with Gasteiger partial charge < -0.3 is 54.7 Å². The van der Waals surface area contributed by atoms with E-state index < -0.39 is 66.1 Å². The summed E-state index contributed by atoms with van der Waals surface area (Å²) in [5, 5.41) is 26.6. The van der Waals surface area contributed by atoms with Crippen molar-refractivity contribution in [2.24, 2.45) is 0 Å². The van der Waals surface area contributed by atoms with Crippen molar-refractivity contribution in [1.82, 2.24) is 29.9 Å². The average molecular weight is 989 g/mol. The first-order valence-corrected chi connectivity index (χ1v) is 25.7. The van der Waals surface area contributed by atoms with E-state index in [1.165, 1.54) is 17.0 Å². The summed E-state index contributed by atoms with van der Waals surface area (Å²) < 4.78 is 67.8. The van der Waals surface area contributed by atoms with E-state index in [9.17, 15) is 53.0 Å². The minimum atomic E-state index is -5.72. The summed E-state index contributed by atoms with van der Waals surface area (Å²) in [4.78, 5) is 81.9. The van der Waals surface area contributed by atoms with E-state index in [1.54, 1.807) is 6.92 Å². The molecule has 4 unspecified atom stereocenters. The number of carbonyl (C=O) groups excluding carboxylic acids is 2. The highest BCUT2D eigenvalue weighted by atomic mass is 31.3. The van der Waals surface area contributed by atoms with Crippen molar-refractivity contribution >= 4 is 68.9 Å². The molecule has 4 aromatic rings. The van der Waals surface area contributed by atoms with Crippen molar-refractivity contribution in [3.8, 4) is 0 Å². The lowest BCUT2D eigenvalue weighted by Crippen LogP contribution is -2.49. The topological polar surface area (TPSA) is 360 Å². The molecule has 0 spiro atoms. The summed E-state index contributed by atoms with van der Waals surface area (Å²) in [6.45, 7) is 7.96. The lowest BCUT2D eigenvalue weighted by atomic mass is 9.79. The quantitative estimate of drug-likeness (QED) is 0.0242. The monoisotopic (exact) mass is 988 g/mol. The van der Waals surface area contributed by atoms with Crippen molar-refractivity contribution in [2.75, 3.05) is 43.5 Å². The van der Waals surface area contributed by atoms with Crippen LogP contribution in [0.2, 0.25) is 0 Å². The number of nitrogens with zero attached hydrogens (tertiary/aromatic N) is 5. The zero-order chi connectivity index (χ0) is 48.2. The number of aliphatic hydroxyl groups is 2. The fourth-order valence-electron chi connectivity index (χ4n) is 8.07. The molecule has 364 valence electrons. The number of hydrogen-bond acceptors (Lipinski definition) is 19. The van der Waals surface area contributed by atoms with E-state index >= 15 is 0 Å². The molecule has 28 heteroatoms. The van der Waals surface area contributed by atoms with E-state index in [4.69, 9.17) is 19.6 Å². The number of benzene rings is 1. The van der Waals surface area contributed by atoms with Crippen LogP contribution in [0.25, 0.3) is 22.1 Å². The Hall–Kier alpha value is -4.19. The molecule has 3 aromatic heterocycles. The molecule has 0 aliphatic carbocycles. The Kier molecular flexibility index (Phi) is 16.3. The van der Waals surface area contributed by atoms with Crippen LogP contribution in [0, 0.1) is 0 Å². The number of unbranched alkanes of at least 4 members (excludes halogenated alkanes) is 3.